The smallest absolute Gasteiger partial charge is 0.253 e. The zero-order valence-corrected chi connectivity index (χ0v) is 18.0. The highest BCUT2D eigenvalue weighted by Gasteiger charge is 2.40. The van der Waals surface area contributed by atoms with Gasteiger partial charge in [0, 0.05) is 17.3 Å². The van der Waals surface area contributed by atoms with Crippen LogP contribution in [-0.4, -0.2) is 27.9 Å². The first-order chi connectivity index (χ1) is 15.6. The van der Waals surface area contributed by atoms with E-state index < -0.39 is 6.04 Å². The molecule has 0 saturated carbocycles. The van der Waals surface area contributed by atoms with Gasteiger partial charge in [-0.25, -0.2) is 4.98 Å². The van der Waals surface area contributed by atoms with Crippen molar-refractivity contribution in [1.29, 1.82) is 0 Å². The lowest BCUT2D eigenvalue weighted by Crippen LogP contribution is -2.33. The van der Waals surface area contributed by atoms with Crippen LogP contribution in [0, 0.1) is 0 Å². The van der Waals surface area contributed by atoms with Crippen LogP contribution in [0.1, 0.15) is 18.0 Å². The predicted octanol–water partition coefficient (Wildman–Crippen LogP) is 4.85. The third kappa shape index (κ3) is 3.85. The Balaban J connectivity index is 1.41. The number of halogens is 1. The molecule has 32 heavy (non-hydrogen) atoms. The summed E-state index contributed by atoms with van der Waals surface area (Å²) in [7, 11) is 0. The second-order valence-electron chi connectivity index (χ2n) is 7.77. The van der Waals surface area contributed by atoms with Gasteiger partial charge in [-0.1, -0.05) is 54.1 Å². The fourth-order valence-electron chi connectivity index (χ4n) is 4.11. The molecule has 3 aromatic carbocycles. The third-order valence-electron chi connectivity index (χ3n) is 5.66. The molecule has 5 rings (SSSR count). The van der Waals surface area contributed by atoms with Crippen molar-refractivity contribution < 1.29 is 9.59 Å². The summed E-state index contributed by atoms with van der Waals surface area (Å²) in [5, 5.41) is 3.45. The van der Waals surface area contributed by atoms with Crippen molar-refractivity contribution in [2.45, 2.75) is 18.9 Å². The molecule has 1 aliphatic rings. The molecular weight excluding hydrogens is 424 g/mol. The van der Waals surface area contributed by atoms with Crippen LogP contribution in [0.15, 0.2) is 78.9 Å². The number of hydrogen-bond donors (Lipinski definition) is 1. The van der Waals surface area contributed by atoms with Crippen LogP contribution in [0.25, 0.3) is 11.0 Å². The summed E-state index contributed by atoms with van der Waals surface area (Å²) in [6.45, 7) is 0.501. The van der Waals surface area contributed by atoms with Crippen LogP contribution in [-0.2, 0) is 16.0 Å². The minimum absolute atomic E-state index is 0.0245. The van der Waals surface area contributed by atoms with E-state index in [1.54, 1.807) is 29.2 Å². The van der Waals surface area contributed by atoms with Gasteiger partial charge in [0.2, 0.25) is 11.9 Å². The average Bonchev–Trinajstić information content (AvgIpc) is 3.29. The highest BCUT2D eigenvalue weighted by Crippen LogP contribution is 2.36. The molecule has 160 valence electrons. The molecule has 1 aromatic heterocycles. The van der Waals surface area contributed by atoms with Crippen LogP contribution >= 0.6 is 11.6 Å². The molecule has 0 spiro atoms. The fraction of sp³-hybridized carbons (Fsp3) is 0.160. The van der Waals surface area contributed by atoms with Gasteiger partial charge in [0.05, 0.1) is 17.5 Å². The fourth-order valence-corrected chi connectivity index (χ4v) is 4.24. The van der Waals surface area contributed by atoms with Gasteiger partial charge < -0.3 is 5.32 Å². The first-order valence-corrected chi connectivity index (χ1v) is 10.9. The number of imidazole rings is 1. The summed E-state index contributed by atoms with van der Waals surface area (Å²) >= 11 is 5.92. The van der Waals surface area contributed by atoms with Crippen LogP contribution < -0.4 is 10.2 Å². The van der Waals surface area contributed by atoms with Crippen LogP contribution in [0.5, 0.6) is 0 Å². The Morgan fingerprint density at radius 2 is 1.69 bits per heavy atom. The molecule has 1 N–H and O–H groups in total. The lowest BCUT2D eigenvalue weighted by Gasteiger charge is -2.16. The number of nitrogens with one attached hydrogen (secondary N) is 1. The van der Waals surface area contributed by atoms with E-state index in [9.17, 15) is 9.59 Å². The molecule has 2 amide bonds. The second kappa shape index (κ2) is 8.48. The Hall–Kier alpha value is -3.64. The Morgan fingerprint density at radius 1 is 0.969 bits per heavy atom. The zero-order valence-electron chi connectivity index (χ0n) is 17.2. The molecule has 0 bridgehead atoms. The minimum Gasteiger partial charge on any atom is -0.326 e. The molecular formula is C25H21ClN4O2. The number of para-hydroxylation sites is 2. The van der Waals surface area contributed by atoms with Crippen molar-refractivity contribution in [2.75, 3.05) is 16.8 Å². The van der Waals surface area contributed by atoms with E-state index in [0.717, 1.165) is 16.6 Å². The van der Waals surface area contributed by atoms with Gasteiger partial charge in [-0.05, 0) is 48.4 Å². The summed E-state index contributed by atoms with van der Waals surface area (Å²) in [4.78, 5) is 32.6. The monoisotopic (exact) mass is 444 g/mol. The van der Waals surface area contributed by atoms with Gasteiger partial charge >= 0.3 is 0 Å². The summed E-state index contributed by atoms with van der Waals surface area (Å²) in [6, 6.07) is 24.0. The summed E-state index contributed by atoms with van der Waals surface area (Å²) < 4.78 is 1.89. The molecule has 0 radical (unpaired) electrons. The molecule has 2 heterocycles. The Morgan fingerprint density at radius 3 is 2.47 bits per heavy atom. The molecule has 1 atom stereocenters. The van der Waals surface area contributed by atoms with E-state index in [1.165, 1.54) is 0 Å². The highest BCUT2D eigenvalue weighted by atomic mass is 35.5. The van der Waals surface area contributed by atoms with Gasteiger partial charge in [0.25, 0.3) is 5.91 Å². The number of carbonyl (C=O) groups is 2. The quantitative estimate of drug-likeness (QED) is 0.462. The van der Waals surface area contributed by atoms with Gasteiger partial charge in [0.1, 0.15) is 6.04 Å². The first kappa shape index (κ1) is 20.3. The normalized spacial score (nSPS) is 15.2. The first-order valence-electron chi connectivity index (χ1n) is 10.5. The van der Waals surface area contributed by atoms with E-state index in [-0.39, 0.29) is 18.2 Å². The Kier molecular flexibility index (Phi) is 5.37. The molecule has 0 saturated heterocycles. The molecule has 0 aliphatic carbocycles. The number of fused-ring (bicyclic) bond motifs is 3. The molecule has 7 heteroatoms. The predicted molar refractivity (Wildman–Crippen MR) is 126 cm³/mol. The highest BCUT2D eigenvalue weighted by molar-refractivity contribution is 6.30. The summed E-state index contributed by atoms with van der Waals surface area (Å²) in [5.41, 5.74) is 3.44. The standard InChI is InChI=1S/C25H21ClN4O2/c26-18-10-12-19(13-11-18)27-23(31)16-22-24(32)29(15-14-17-6-2-1-3-7-17)25-28-20-8-4-5-9-21(20)30(22)25/h1-13,22H,14-16H2,(H,27,31)/t22-/m1/s1. The third-order valence-corrected chi connectivity index (χ3v) is 5.91. The topological polar surface area (TPSA) is 67.2 Å². The van der Waals surface area contributed by atoms with Crippen molar-refractivity contribution in [3.63, 3.8) is 0 Å². The van der Waals surface area contributed by atoms with Crippen molar-refractivity contribution in [1.82, 2.24) is 9.55 Å². The van der Waals surface area contributed by atoms with E-state index in [2.05, 4.69) is 5.32 Å². The Labute approximate surface area is 190 Å². The number of hydrogen-bond acceptors (Lipinski definition) is 3. The van der Waals surface area contributed by atoms with E-state index in [4.69, 9.17) is 16.6 Å². The maximum atomic E-state index is 13.4. The SMILES string of the molecule is O=C(C[C@@H]1C(=O)N(CCc2ccccc2)c2nc3ccccc3n21)Nc1ccc(Cl)cc1. The lowest BCUT2D eigenvalue weighted by atomic mass is 10.1. The molecule has 0 fully saturated rings. The van der Waals surface area contributed by atoms with Crippen LogP contribution in [0.2, 0.25) is 5.02 Å². The van der Waals surface area contributed by atoms with Crippen molar-refractivity contribution in [2.24, 2.45) is 0 Å². The zero-order chi connectivity index (χ0) is 22.1. The van der Waals surface area contributed by atoms with Crippen molar-refractivity contribution in [3.05, 3.63) is 89.4 Å². The number of rotatable bonds is 6. The maximum Gasteiger partial charge on any atom is 0.253 e. The van der Waals surface area contributed by atoms with Gasteiger partial charge in [-0.2, -0.15) is 0 Å². The second-order valence-corrected chi connectivity index (χ2v) is 8.21. The lowest BCUT2D eigenvalue weighted by molar-refractivity contribution is -0.124. The molecule has 1 aliphatic heterocycles. The summed E-state index contributed by atoms with van der Waals surface area (Å²) in [5.74, 6) is 0.246. The molecule has 4 aromatic rings. The van der Waals surface area contributed by atoms with Crippen molar-refractivity contribution >= 4 is 46.1 Å². The van der Waals surface area contributed by atoms with Crippen molar-refractivity contribution in [3.8, 4) is 0 Å². The number of amides is 2. The van der Waals surface area contributed by atoms with E-state index in [0.29, 0.717) is 29.6 Å². The number of anilines is 2. The van der Waals surface area contributed by atoms with Gasteiger partial charge in [0.15, 0.2) is 0 Å². The Bertz CT molecular complexity index is 1280. The number of benzene rings is 3. The van der Waals surface area contributed by atoms with E-state index in [1.807, 2.05) is 59.2 Å². The van der Waals surface area contributed by atoms with Gasteiger partial charge in [-0.3, -0.25) is 19.1 Å². The molecule has 6 nitrogen and oxygen atoms in total. The largest absolute Gasteiger partial charge is 0.326 e. The average molecular weight is 445 g/mol. The summed E-state index contributed by atoms with van der Waals surface area (Å²) in [6.07, 6.45) is 0.732. The van der Waals surface area contributed by atoms with Crippen LogP contribution in [0.3, 0.4) is 0 Å². The number of nitrogens with zero attached hydrogens (tertiary/aromatic N) is 3. The number of carbonyl (C=O) groups excluding carboxylic acids is 2. The maximum absolute atomic E-state index is 13.4. The van der Waals surface area contributed by atoms with Gasteiger partial charge in [-0.15, -0.1) is 0 Å². The van der Waals surface area contributed by atoms with Crippen LogP contribution in [0.4, 0.5) is 11.6 Å². The number of aromatic nitrogens is 2. The molecule has 0 unspecified atom stereocenters. The minimum atomic E-state index is -0.638. The van der Waals surface area contributed by atoms with E-state index >= 15 is 0 Å².